The van der Waals surface area contributed by atoms with Crippen molar-refractivity contribution in [2.24, 2.45) is 0 Å². The summed E-state index contributed by atoms with van der Waals surface area (Å²) >= 11 is 0. The quantitative estimate of drug-likeness (QED) is 0.742. The highest BCUT2D eigenvalue weighted by atomic mass is 16.5. The van der Waals surface area contributed by atoms with Gasteiger partial charge in [-0.3, -0.25) is 0 Å². The Morgan fingerprint density at radius 3 is 2.37 bits per heavy atom. The zero-order valence-electron chi connectivity index (χ0n) is 12.8. The van der Waals surface area contributed by atoms with Gasteiger partial charge in [-0.15, -0.1) is 0 Å². The van der Waals surface area contributed by atoms with Gasteiger partial charge in [-0.25, -0.2) is 0 Å². The van der Waals surface area contributed by atoms with Crippen molar-refractivity contribution in [2.45, 2.75) is 33.2 Å². The molecule has 1 aromatic rings. The average molecular weight is 264 g/mol. The molecule has 0 bridgehead atoms. The van der Waals surface area contributed by atoms with Gasteiger partial charge in [-0.2, -0.15) is 0 Å². The van der Waals surface area contributed by atoms with E-state index in [1.54, 1.807) is 0 Å². The summed E-state index contributed by atoms with van der Waals surface area (Å²) in [7, 11) is 2.16. The lowest BCUT2D eigenvalue weighted by atomic mass is 10.1. The van der Waals surface area contributed by atoms with E-state index in [4.69, 9.17) is 4.74 Å². The van der Waals surface area contributed by atoms with Gasteiger partial charge in [0.05, 0.1) is 6.61 Å². The Balaban J connectivity index is 2.67. The van der Waals surface area contributed by atoms with Crippen molar-refractivity contribution in [1.82, 2.24) is 10.2 Å². The van der Waals surface area contributed by atoms with Crippen LogP contribution in [0.4, 0.5) is 0 Å². The number of hydrogen-bond donors (Lipinski definition) is 1. The van der Waals surface area contributed by atoms with Crippen molar-refractivity contribution in [3.8, 4) is 5.75 Å². The third-order valence-electron chi connectivity index (χ3n) is 3.24. The minimum atomic E-state index is 0.384. The number of likely N-dealkylation sites (N-methyl/N-ethyl adjacent to an activating group) is 2. The molecule has 3 nitrogen and oxygen atoms in total. The van der Waals surface area contributed by atoms with Crippen molar-refractivity contribution in [2.75, 3.05) is 33.3 Å². The van der Waals surface area contributed by atoms with Crippen LogP contribution in [0, 0.1) is 0 Å². The van der Waals surface area contributed by atoms with Crippen LogP contribution in [0.3, 0.4) is 0 Å². The van der Waals surface area contributed by atoms with Crippen LogP contribution in [0.15, 0.2) is 24.3 Å². The van der Waals surface area contributed by atoms with E-state index in [2.05, 4.69) is 62.3 Å². The molecule has 0 saturated heterocycles. The van der Waals surface area contributed by atoms with Crippen molar-refractivity contribution in [3.05, 3.63) is 29.8 Å². The fourth-order valence-corrected chi connectivity index (χ4v) is 1.99. The van der Waals surface area contributed by atoms with E-state index in [0.717, 1.165) is 38.4 Å². The first kappa shape index (κ1) is 16.0. The Labute approximate surface area is 118 Å². The molecule has 0 aliphatic carbocycles. The maximum atomic E-state index is 5.62. The SMILES string of the molecule is CCCOc1ccc(C(CN(C)CC)NCC)cc1. The summed E-state index contributed by atoms with van der Waals surface area (Å²) in [6.07, 6.45) is 1.04. The van der Waals surface area contributed by atoms with Gasteiger partial charge in [-0.1, -0.05) is 32.9 Å². The lowest BCUT2D eigenvalue weighted by Gasteiger charge is -2.24. The van der Waals surface area contributed by atoms with E-state index in [-0.39, 0.29) is 0 Å². The molecule has 3 heteroatoms. The van der Waals surface area contributed by atoms with E-state index in [1.807, 2.05) is 0 Å². The number of benzene rings is 1. The second-order valence-electron chi connectivity index (χ2n) is 4.88. The zero-order chi connectivity index (χ0) is 14.1. The zero-order valence-corrected chi connectivity index (χ0v) is 12.8. The summed E-state index contributed by atoms with van der Waals surface area (Å²) in [4.78, 5) is 2.33. The normalized spacial score (nSPS) is 12.7. The monoisotopic (exact) mass is 264 g/mol. The van der Waals surface area contributed by atoms with Gasteiger partial charge in [0.1, 0.15) is 5.75 Å². The van der Waals surface area contributed by atoms with Gasteiger partial charge in [0, 0.05) is 12.6 Å². The molecule has 1 aromatic carbocycles. The number of ether oxygens (including phenoxy) is 1. The molecule has 0 saturated carbocycles. The van der Waals surface area contributed by atoms with Gasteiger partial charge in [-0.05, 0) is 44.3 Å². The molecule has 0 aliphatic rings. The highest BCUT2D eigenvalue weighted by Crippen LogP contribution is 2.18. The second-order valence-corrected chi connectivity index (χ2v) is 4.88. The summed E-state index contributed by atoms with van der Waals surface area (Å²) in [5.41, 5.74) is 1.32. The third-order valence-corrected chi connectivity index (χ3v) is 3.24. The second kappa shape index (κ2) is 8.94. The Bertz CT molecular complexity index is 337. The Morgan fingerprint density at radius 2 is 1.84 bits per heavy atom. The van der Waals surface area contributed by atoms with Crippen LogP contribution in [0.2, 0.25) is 0 Å². The van der Waals surface area contributed by atoms with Gasteiger partial charge in [0.25, 0.3) is 0 Å². The standard InChI is InChI=1S/C16H28N2O/c1-5-12-19-15-10-8-14(9-11-15)16(17-6-2)13-18(4)7-3/h8-11,16-17H,5-7,12-13H2,1-4H3. The molecule has 0 heterocycles. The molecular weight excluding hydrogens is 236 g/mol. The van der Waals surface area contributed by atoms with Crippen LogP contribution in [0.5, 0.6) is 5.75 Å². The summed E-state index contributed by atoms with van der Waals surface area (Å²) < 4.78 is 5.62. The molecule has 19 heavy (non-hydrogen) atoms. The van der Waals surface area contributed by atoms with Gasteiger partial charge in [0.2, 0.25) is 0 Å². The number of rotatable bonds is 9. The topological polar surface area (TPSA) is 24.5 Å². The van der Waals surface area contributed by atoms with Crippen LogP contribution in [-0.2, 0) is 0 Å². The lowest BCUT2D eigenvalue weighted by Crippen LogP contribution is -2.32. The minimum Gasteiger partial charge on any atom is -0.494 e. The third kappa shape index (κ3) is 5.62. The lowest BCUT2D eigenvalue weighted by molar-refractivity contribution is 0.304. The molecule has 0 aromatic heterocycles. The van der Waals surface area contributed by atoms with Gasteiger partial charge in [0.15, 0.2) is 0 Å². The highest BCUT2D eigenvalue weighted by molar-refractivity contribution is 5.29. The fraction of sp³-hybridized carbons (Fsp3) is 0.625. The first-order valence-electron chi connectivity index (χ1n) is 7.35. The van der Waals surface area contributed by atoms with Crippen LogP contribution >= 0.6 is 0 Å². The van der Waals surface area contributed by atoms with Crippen LogP contribution in [0.25, 0.3) is 0 Å². The smallest absolute Gasteiger partial charge is 0.119 e. The molecule has 1 rings (SSSR count). The van der Waals surface area contributed by atoms with Gasteiger partial charge >= 0.3 is 0 Å². The van der Waals surface area contributed by atoms with E-state index >= 15 is 0 Å². The molecule has 0 radical (unpaired) electrons. The van der Waals surface area contributed by atoms with Crippen LogP contribution < -0.4 is 10.1 Å². The summed E-state index contributed by atoms with van der Waals surface area (Å²) in [5.74, 6) is 0.963. The van der Waals surface area contributed by atoms with E-state index < -0.39 is 0 Å². The predicted octanol–water partition coefficient (Wildman–Crippen LogP) is 3.08. The molecule has 1 N–H and O–H groups in total. The first-order valence-corrected chi connectivity index (χ1v) is 7.35. The van der Waals surface area contributed by atoms with E-state index in [9.17, 15) is 0 Å². The van der Waals surface area contributed by atoms with Crippen LogP contribution in [-0.4, -0.2) is 38.2 Å². The summed E-state index contributed by atoms with van der Waals surface area (Å²) in [5, 5.41) is 3.54. The number of nitrogens with zero attached hydrogens (tertiary/aromatic N) is 1. The molecule has 0 fully saturated rings. The van der Waals surface area contributed by atoms with Crippen molar-refractivity contribution in [1.29, 1.82) is 0 Å². The molecule has 108 valence electrons. The fourth-order valence-electron chi connectivity index (χ4n) is 1.99. The van der Waals surface area contributed by atoms with Crippen molar-refractivity contribution >= 4 is 0 Å². The average Bonchev–Trinajstić information content (AvgIpc) is 2.45. The Morgan fingerprint density at radius 1 is 1.16 bits per heavy atom. The molecule has 0 spiro atoms. The summed E-state index contributed by atoms with van der Waals surface area (Å²) in [6, 6.07) is 8.86. The van der Waals surface area contributed by atoms with Gasteiger partial charge < -0.3 is 15.0 Å². The maximum absolute atomic E-state index is 5.62. The van der Waals surface area contributed by atoms with Crippen molar-refractivity contribution < 1.29 is 4.74 Å². The minimum absolute atomic E-state index is 0.384. The largest absolute Gasteiger partial charge is 0.494 e. The number of hydrogen-bond acceptors (Lipinski definition) is 3. The van der Waals surface area contributed by atoms with Crippen LogP contribution in [0.1, 0.15) is 38.8 Å². The molecule has 0 aliphatic heterocycles. The molecule has 1 atom stereocenters. The molecule has 0 amide bonds. The molecular formula is C16H28N2O. The predicted molar refractivity (Wildman–Crippen MR) is 81.8 cm³/mol. The number of nitrogens with one attached hydrogen (secondary N) is 1. The maximum Gasteiger partial charge on any atom is 0.119 e. The van der Waals surface area contributed by atoms with E-state index in [0.29, 0.717) is 6.04 Å². The molecule has 1 unspecified atom stereocenters. The van der Waals surface area contributed by atoms with E-state index in [1.165, 1.54) is 5.56 Å². The Kier molecular flexibility index (Phi) is 7.53. The highest BCUT2D eigenvalue weighted by Gasteiger charge is 2.12. The first-order chi connectivity index (χ1) is 9.21. The van der Waals surface area contributed by atoms with Crippen molar-refractivity contribution in [3.63, 3.8) is 0 Å². The summed E-state index contributed by atoms with van der Waals surface area (Å²) in [6.45, 7) is 10.3. The Hall–Kier alpha value is -1.06.